The summed E-state index contributed by atoms with van der Waals surface area (Å²) >= 11 is 1.66. The fourth-order valence-corrected chi connectivity index (χ4v) is 5.56. The quantitative estimate of drug-likeness (QED) is 0.538. The smallest absolute Gasteiger partial charge is 0.224 e. The summed E-state index contributed by atoms with van der Waals surface area (Å²) in [5.41, 5.74) is 2.34. The Balaban J connectivity index is 1.30. The first-order valence-corrected chi connectivity index (χ1v) is 12.4. The monoisotopic (exact) mass is 447 g/mol. The minimum atomic E-state index is -0.0481. The zero-order chi connectivity index (χ0) is 21.8. The highest BCUT2D eigenvalue weighted by molar-refractivity contribution is 7.09. The van der Waals surface area contributed by atoms with Crippen molar-refractivity contribution >= 4 is 17.2 Å². The molecule has 1 saturated heterocycles. The van der Waals surface area contributed by atoms with E-state index in [1.165, 1.54) is 11.1 Å². The molecule has 2 aromatic carbocycles. The van der Waals surface area contributed by atoms with Crippen molar-refractivity contribution in [3.05, 3.63) is 82.3 Å². The van der Waals surface area contributed by atoms with E-state index in [0.29, 0.717) is 6.42 Å². The van der Waals surface area contributed by atoms with Crippen LogP contribution in [0.25, 0.3) is 0 Å². The van der Waals surface area contributed by atoms with Gasteiger partial charge in [0.15, 0.2) is 0 Å². The van der Waals surface area contributed by atoms with Crippen LogP contribution < -0.4 is 4.74 Å². The molecule has 0 aliphatic carbocycles. The number of benzene rings is 2. The van der Waals surface area contributed by atoms with Gasteiger partial charge < -0.3 is 9.64 Å². The number of likely N-dealkylation sites (tertiary alicyclic amines) is 1. The average Bonchev–Trinajstić information content (AvgIpc) is 3.31. The fraction of sp³-hybridized carbons (Fsp3) is 0.385. The van der Waals surface area contributed by atoms with Gasteiger partial charge in [0.25, 0.3) is 0 Å². The van der Waals surface area contributed by atoms with Crippen molar-refractivity contribution in [3.8, 4) is 5.75 Å². The first-order chi connectivity index (χ1) is 15.8. The van der Waals surface area contributed by atoms with Crippen molar-refractivity contribution in [2.24, 2.45) is 0 Å². The van der Waals surface area contributed by atoms with Gasteiger partial charge in [0.2, 0.25) is 5.91 Å². The van der Waals surface area contributed by atoms with E-state index in [-0.39, 0.29) is 18.1 Å². The van der Waals surface area contributed by atoms with E-state index in [0.717, 1.165) is 56.2 Å². The molecule has 1 aromatic heterocycles. The van der Waals surface area contributed by atoms with Gasteiger partial charge in [-0.2, -0.15) is 0 Å². The number of piperidine rings is 1. The van der Waals surface area contributed by atoms with E-state index in [2.05, 4.69) is 51.2 Å². The number of aromatic nitrogens is 1. The molecule has 2 atom stereocenters. The Morgan fingerprint density at radius 1 is 1.09 bits per heavy atom. The van der Waals surface area contributed by atoms with E-state index in [4.69, 9.17) is 4.74 Å². The third-order valence-electron chi connectivity index (χ3n) is 6.43. The van der Waals surface area contributed by atoms with Gasteiger partial charge in [-0.05, 0) is 30.9 Å². The third kappa shape index (κ3) is 4.71. The second-order valence-electron chi connectivity index (χ2n) is 8.58. The van der Waals surface area contributed by atoms with Crippen molar-refractivity contribution in [2.45, 2.75) is 44.4 Å². The summed E-state index contributed by atoms with van der Waals surface area (Å²) in [6.07, 6.45) is 5.57. The molecule has 0 saturated carbocycles. The lowest BCUT2D eigenvalue weighted by Crippen LogP contribution is -2.40. The zero-order valence-corrected chi connectivity index (χ0v) is 19.0. The summed E-state index contributed by atoms with van der Waals surface area (Å²) in [6, 6.07) is 18.8. The number of rotatable bonds is 5. The number of hydrogen-bond acceptors (Lipinski definition) is 5. The first kappa shape index (κ1) is 21.2. The summed E-state index contributed by atoms with van der Waals surface area (Å²) in [5.74, 6) is 1.18. The second-order valence-corrected chi connectivity index (χ2v) is 9.51. The molecule has 0 N–H and O–H groups in total. The molecule has 3 heterocycles. The van der Waals surface area contributed by atoms with Crippen LogP contribution in [-0.4, -0.2) is 40.3 Å². The van der Waals surface area contributed by atoms with E-state index in [9.17, 15) is 4.79 Å². The Bertz CT molecular complexity index is 1020. The summed E-state index contributed by atoms with van der Waals surface area (Å²) in [7, 11) is 0. The lowest BCUT2D eigenvalue weighted by atomic mass is 10.0. The molecular weight excluding hydrogens is 418 g/mol. The molecule has 2 unspecified atom stereocenters. The van der Waals surface area contributed by atoms with Gasteiger partial charge in [-0.3, -0.25) is 9.69 Å². The number of fused-ring (bicyclic) bond motifs is 1. The van der Waals surface area contributed by atoms with E-state index < -0.39 is 0 Å². The number of amides is 1. The van der Waals surface area contributed by atoms with Crippen LogP contribution in [0.1, 0.15) is 54.0 Å². The Morgan fingerprint density at radius 3 is 2.78 bits per heavy atom. The van der Waals surface area contributed by atoms with Crippen LogP contribution in [0, 0.1) is 0 Å². The number of hydrogen-bond donors (Lipinski definition) is 0. The van der Waals surface area contributed by atoms with E-state index in [1.54, 1.807) is 11.3 Å². The van der Waals surface area contributed by atoms with Crippen molar-refractivity contribution in [1.82, 2.24) is 14.8 Å². The van der Waals surface area contributed by atoms with Gasteiger partial charge in [0, 0.05) is 49.7 Å². The SMILES string of the molecule is O=C(CCN1Cc2ccccc2OC(c2ccccc2)C1)N1CCCCC1c1nccs1. The zero-order valence-electron chi connectivity index (χ0n) is 18.2. The Kier molecular flexibility index (Phi) is 6.51. The number of carbonyl (C=O) groups excluding carboxylic acids is 1. The highest BCUT2D eigenvalue weighted by atomic mass is 32.1. The van der Waals surface area contributed by atoms with Crippen molar-refractivity contribution in [1.29, 1.82) is 0 Å². The van der Waals surface area contributed by atoms with Crippen LogP contribution in [0.2, 0.25) is 0 Å². The van der Waals surface area contributed by atoms with Crippen LogP contribution in [0.5, 0.6) is 5.75 Å². The number of thiazole rings is 1. The maximum absolute atomic E-state index is 13.3. The maximum Gasteiger partial charge on any atom is 0.224 e. The summed E-state index contributed by atoms with van der Waals surface area (Å²) < 4.78 is 6.42. The summed E-state index contributed by atoms with van der Waals surface area (Å²) in [6.45, 7) is 3.12. The molecule has 5 rings (SSSR count). The molecule has 2 aliphatic rings. The number of carbonyl (C=O) groups is 1. The Morgan fingerprint density at radius 2 is 1.94 bits per heavy atom. The second kappa shape index (κ2) is 9.84. The lowest BCUT2D eigenvalue weighted by Gasteiger charge is -2.35. The molecule has 3 aromatic rings. The molecule has 2 aliphatic heterocycles. The third-order valence-corrected chi connectivity index (χ3v) is 7.31. The molecule has 6 heteroatoms. The summed E-state index contributed by atoms with van der Waals surface area (Å²) in [5, 5.41) is 3.07. The lowest BCUT2D eigenvalue weighted by molar-refractivity contribution is -0.135. The predicted molar refractivity (Wildman–Crippen MR) is 127 cm³/mol. The highest BCUT2D eigenvalue weighted by Crippen LogP contribution is 2.33. The molecule has 0 bridgehead atoms. The standard InChI is InChI=1S/C26H29N3O2S/c30-25(29-15-7-6-11-22(29)26-27-14-17-32-26)13-16-28-18-21-10-4-5-12-23(21)31-24(19-28)20-8-2-1-3-9-20/h1-5,8-10,12,14,17,22,24H,6-7,11,13,15-16,18-19H2. The molecule has 0 radical (unpaired) electrons. The van der Waals surface area contributed by atoms with E-state index in [1.807, 2.05) is 29.8 Å². The van der Waals surface area contributed by atoms with Crippen LogP contribution in [0.15, 0.2) is 66.2 Å². The van der Waals surface area contributed by atoms with Gasteiger partial charge in [0.05, 0.1) is 6.04 Å². The first-order valence-electron chi connectivity index (χ1n) is 11.5. The van der Waals surface area contributed by atoms with Gasteiger partial charge >= 0.3 is 0 Å². The molecule has 32 heavy (non-hydrogen) atoms. The van der Waals surface area contributed by atoms with Gasteiger partial charge in [-0.1, -0.05) is 48.5 Å². The van der Waals surface area contributed by atoms with E-state index >= 15 is 0 Å². The topological polar surface area (TPSA) is 45.7 Å². The van der Waals surface area contributed by atoms with Gasteiger partial charge in [-0.15, -0.1) is 11.3 Å². The Labute approximate surface area is 193 Å². The Hall–Kier alpha value is -2.70. The molecule has 0 spiro atoms. The van der Waals surface area contributed by atoms with Crippen molar-refractivity contribution in [3.63, 3.8) is 0 Å². The fourth-order valence-electron chi connectivity index (χ4n) is 4.77. The maximum atomic E-state index is 13.3. The van der Waals surface area contributed by atoms with Crippen LogP contribution in [-0.2, 0) is 11.3 Å². The minimum Gasteiger partial charge on any atom is -0.484 e. The number of nitrogens with zero attached hydrogens (tertiary/aromatic N) is 3. The molecule has 5 nitrogen and oxygen atoms in total. The molecular formula is C26H29N3O2S. The highest BCUT2D eigenvalue weighted by Gasteiger charge is 2.30. The predicted octanol–water partition coefficient (Wildman–Crippen LogP) is 5.22. The van der Waals surface area contributed by atoms with Crippen molar-refractivity contribution in [2.75, 3.05) is 19.6 Å². The number of para-hydroxylation sites is 1. The van der Waals surface area contributed by atoms with Gasteiger partial charge in [-0.25, -0.2) is 4.98 Å². The van der Waals surface area contributed by atoms with Gasteiger partial charge in [0.1, 0.15) is 16.9 Å². The van der Waals surface area contributed by atoms with Crippen LogP contribution >= 0.6 is 11.3 Å². The summed E-state index contributed by atoms with van der Waals surface area (Å²) in [4.78, 5) is 22.2. The largest absolute Gasteiger partial charge is 0.484 e. The minimum absolute atomic E-state index is 0.0481. The van der Waals surface area contributed by atoms with Crippen molar-refractivity contribution < 1.29 is 9.53 Å². The molecule has 1 amide bonds. The van der Waals surface area contributed by atoms with Crippen LogP contribution in [0.4, 0.5) is 0 Å². The normalized spacial score (nSPS) is 21.4. The van der Waals surface area contributed by atoms with Crippen LogP contribution in [0.3, 0.4) is 0 Å². The number of ether oxygens (including phenoxy) is 1. The molecule has 1 fully saturated rings. The molecule has 166 valence electrons. The average molecular weight is 448 g/mol.